The molecular weight excluding hydrogens is 276 g/mol. The summed E-state index contributed by atoms with van der Waals surface area (Å²) in [4.78, 5) is 0. The molecule has 1 unspecified atom stereocenters. The Kier molecular flexibility index (Phi) is 5.86. The minimum absolute atomic E-state index is 0. The standard InChI is InChI=1S/C11H22N2O3S.ClH/c12-11(5-3-6-11)9-13-17(14,15)8-10-4-1-2-7-16-10;/h10,13H,1-9,12H2;1H. The first kappa shape index (κ1) is 16.2. The molecule has 1 saturated carbocycles. The van der Waals surface area contributed by atoms with Crippen molar-refractivity contribution in [3.8, 4) is 0 Å². The van der Waals surface area contributed by atoms with Gasteiger partial charge in [-0.05, 0) is 38.5 Å². The molecule has 0 aromatic heterocycles. The normalized spacial score (nSPS) is 27.1. The fourth-order valence-corrected chi connectivity index (χ4v) is 3.68. The SMILES string of the molecule is Cl.NC1(CNS(=O)(=O)CC2CCCCO2)CCC1. The largest absolute Gasteiger partial charge is 0.377 e. The average molecular weight is 299 g/mol. The summed E-state index contributed by atoms with van der Waals surface area (Å²) in [6.45, 7) is 1.04. The lowest BCUT2D eigenvalue weighted by molar-refractivity contribution is 0.0303. The first-order valence-electron chi connectivity index (χ1n) is 6.37. The van der Waals surface area contributed by atoms with Crippen molar-refractivity contribution in [1.29, 1.82) is 0 Å². The molecular formula is C11H23ClN2O3S. The molecule has 2 rings (SSSR count). The molecule has 0 amide bonds. The molecule has 1 atom stereocenters. The molecule has 0 radical (unpaired) electrons. The zero-order valence-corrected chi connectivity index (χ0v) is 12.2. The summed E-state index contributed by atoms with van der Waals surface area (Å²) in [5, 5.41) is 0. The highest BCUT2D eigenvalue weighted by atomic mass is 35.5. The summed E-state index contributed by atoms with van der Waals surface area (Å²) < 4.78 is 31.7. The van der Waals surface area contributed by atoms with Crippen LogP contribution < -0.4 is 10.5 Å². The Balaban J connectivity index is 0.00000162. The van der Waals surface area contributed by atoms with Gasteiger partial charge >= 0.3 is 0 Å². The second-order valence-corrected chi connectivity index (χ2v) is 7.16. The highest BCUT2D eigenvalue weighted by Gasteiger charge is 2.34. The maximum atomic E-state index is 11.8. The highest BCUT2D eigenvalue weighted by molar-refractivity contribution is 7.89. The molecule has 0 bridgehead atoms. The van der Waals surface area contributed by atoms with Gasteiger partial charge in [-0.2, -0.15) is 0 Å². The van der Waals surface area contributed by atoms with E-state index in [0.29, 0.717) is 13.2 Å². The van der Waals surface area contributed by atoms with Gasteiger partial charge in [-0.3, -0.25) is 0 Å². The van der Waals surface area contributed by atoms with Gasteiger partial charge in [-0.1, -0.05) is 0 Å². The lowest BCUT2D eigenvalue weighted by Crippen LogP contribution is -2.55. The van der Waals surface area contributed by atoms with E-state index < -0.39 is 10.0 Å². The maximum Gasteiger partial charge on any atom is 0.214 e. The van der Waals surface area contributed by atoms with E-state index in [1.807, 2.05) is 0 Å². The molecule has 18 heavy (non-hydrogen) atoms. The van der Waals surface area contributed by atoms with Crippen molar-refractivity contribution in [2.75, 3.05) is 18.9 Å². The smallest absolute Gasteiger partial charge is 0.214 e. The Morgan fingerprint density at radius 2 is 2.00 bits per heavy atom. The molecule has 2 aliphatic rings. The van der Waals surface area contributed by atoms with Crippen molar-refractivity contribution in [3.63, 3.8) is 0 Å². The van der Waals surface area contributed by atoms with Crippen LogP contribution in [-0.4, -0.2) is 39.0 Å². The molecule has 7 heteroatoms. The van der Waals surface area contributed by atoms with Crippen molar-refractivity contribution in [3.05, 3.63) is 0 Å². The monoisotopic (exact) mass is 298 g/mol. The zero-order chi connectivity index (χ0) is 12.4. The zero-order valence-electron chi connectivity index (χ0n) is 10.6. The number of hydrogen-bond acceptors (Lipinski definition) is 4. The lowest BCUT2D eigenvalue weighted by Gasteiger charge is -2.38. The van der Waals surface area contributed by atoms with Crippen LogP contribution in [0, 0.1) is 0 Å². The Hall–Kier alpha value is 0.120. The molecule has 1 aliphatic heterocycles. The van der Waals surface area contributed by atoms with Crippen LogP contribution in [0.1, 0.15) is 38.5 Å². The van der Waals surface area contributed by atoms with Gasteiger partial charge in [0.1, 0.15) is 0 Å². The van der Waals surface area contributed by atoms with Gasteiger partial charge in [-0.15, -0.1) is 12.4 Å². The van der Waals surface area contributed by atoms with E-state index in [1.54, 1.807) is 0 Å². The Morgan fingerprint density at radius 3 is 2.50 bits per heavy atom. The Bertz CT molecular complexity index is 351. The van der Waals surface area contributed by atoms with E-state index in [-0.39, 0.29) is 29.8 Å². The quantitative estimate of drug-likeness (QED) is 0.786. The molecule has 1 saturated heterocycles. The lowest BCUT2D eigenvalue weighted by atomic mass is 9.78. The van der Waals surface area contributed by atoms with Crippen LogP contribution in [0.25, 0.3) is 0 Å². The van der Waals surface area contributed by atoms with Crippen LogP contribution in [0.3, 0.4) is 0 Å². The van der Waals surface area contributed by atoms with Crippen molar-refractivity contribution in [1.82, 2.24) is 4.72 Å². The van der Waals surface area contributed by atoms with Gasteiger partial charge in [0.25, 0.3) is 0 Å². The van der Waals surface area contributed by atoms with Crippen molar-refractivity contribution in [2.45, 2.75) is 50.2 Å². The van der Waals surface area contributed by atoms with E-state index in [2.05, 4.69) is 4.72 Å². The van der Waals surface area contributed by atoms with Gasteiger partial charge < -0.3 is 10.5 Å². The Labute approximate surface area is 115 Å². The van der Waals surface area contributed by atoms with Gasteiger partial charge in [0.2, 0.25) is 10.0 Å². The third-order valence-corrected chi connectivity index (χ3v) is 5.07. The second kappa shape index (κ2) is 6.52. The molecule has 1 aliphatic carbocycles. The molecule has 1 heterocycles. The number of nitrogens with two attached hydrogens (primary N) is 1. The third kappa shape index (κ3) is 4.66. The average Bonchev–Trinajstić information content (AvgIpc) is 2.25. The summed E-state index contributed by atoms with van der Waals surface area (Å²) in [7, 11) is -3.25. The van der Waals surface area contributed by atoms with Crippen LogP contribution in [0.15, 0.2) is 0 Å². The summed E-state index contributed by atoms with van der Waals surface area (Å²) >= 11 is 0. The maximum absolute atomic E-state index is 11.8. The number of nitrogens with one attached hydrogen (secondary N) is 1. The van der Waals surface area contributed by atoms with Crippen LogP contribution in [0.2, 0.25) is 0 Å². The fourth-order valence-electron chi connectivity index (χ4n) is 2.30. The van der Waals surface area contributed by atoms with Gasteiger partial charge in [0, 0.05) is 18.7 Å². The second-order valence-electron chi connectivity index (χ2n) is 5.31. The number of sulfonamides is 1. The van der Waals surface area contributed by atoms with Crippen molar-refractivity contribution >= 4 is 22.4 Å². The van der Waals surface area contributed by atoms with Crippen LogP contribution in [0.5, 0.6) is 0 Å². The van der Waals surface area contributed by atoms with Crippen LogP contribution >= 0.6 is 12.4 Å². The minimum atomic E-state index is -3.25. The summed E-state index contributed by atoms with van der Waals surface area (Å²) in [6.07, 6.45) is 5.72. The first-order chi connectivity index (χ1) is 7.99. The first-order valence-corrected chi connectivity index (χ1v) is 8.02. The predicted molar refractivity (Wildman–Crippen MR) is 73.4 cm³/mol. The van der Waals surface area contributed by atoms with E-state index in [9.17, 15) is 8.42 Å². The molecule has 0 aromatic carbocycles. The van der Waals surface area contributed by atoms with Crippen molar-refractivity contribution in [2.24, 2.45) is 5.73 Å². The van der Waals surface area contributed by atoms with Crippen LogP contribution in [0.4, 0.5) is 0 Å². The van der Waals surface area contributed by atoms with Gasteiger partial charge in [0.15, 0.2) is 0 Å². The third-order valence-electron chi connectivity index (χ3n) is 3.67. The molecule has 5 nitrogen and oxygen atoms in total. The molecule has 3 N–H and O–H groups in total. The molecule has 0 spiro atoms. The summed E-state index contributed by atoms with van der Waals surface area (Å²) in [5.74, 6) is 0.0725. The topological polar surface area (TPSA) is 81.4 Å². The van der Waals surface area contributed by atoms with Crippen molar-refractivity contribution < 1.29 is 13.2 Å². The van der Waals surface area contributed by atoms with E-state index in [1.165, 1.54) is 0 Å². The molecule has 2 fully saturated rings. The molecule has 108 valence electrons. The van der Waals surface area contributed by atoms with E-state index >= 15 is 0 Å². The molecule has 0 aromatic rings. The predicted octanol–water partition coefficient (Wildman–Crippen LogP) is 0.778. The number of ether oxygens (including phenoxy) is 1. The summed E-state index contributed by atoms with van der Waals surface area (Å²) in [6, 6.07) is 0. The van der Waals surface area contributed by atoms with Crippen LogP contribution in [-0.2, 0) is 14.8 Å². The minimum Gasteiger partial charge on any atom is -0.377 e. The van der Waals surface area contributed by atoms with Gasteiger partial charge in [0.05, 0.1) is 11.9 Å². The highest BCUT2D eigenvalue weighted by Crippen LogP contribution is 2.28. The number of halogens is 1. The number of hydrogen-bond donors (Lipinski definition) is 2. The number of rotatable bonds is 5. The summed E-state index contributed by atoms with van der Waals surface area (Å²) in [5.41, 5.74) is 5.68. The van der Waals surface area contributed by atoms with E-state index in [0.717, 1.165) is 38.5 Å². The Morgan fingerprint density at radius 1 is 1.28 bits per heavy atom. The van der Waals surface area contributed by atoms with Gasteiger partial charge in [-0.25, -0.2) is 13.1 Å². The fraction of sp³-hybridized carbons (Fsp3) is 1.00. The van der Waals surface area contributed by atoms with E-state index in [4.69, 9.17) is 10.5 Å².